The van der Waals surface area contributed by atoms with Crippen LogP contribution in [0.1, 0.15) is 36.0 Å². The van der Waals surface area contributed by atoms with Crippen LogP contribution in [0.3, 0.4) is 0 Å². The second kappa shape index (κ2) is 7.08. The number of aromatic nitrogens is 1. The zero-order valence-electron chi connectivity index (χ0n) is 11.8. The number of furan rings is 1. The summed E-state index contributed by atoms with van der Waals surface area (Å²) in [7, 11) is 0. The Hall–Kier alpha value is -2.08. The molecule has 2 N–H and O–H groups in total. The highest BCUT2D eigenvalue weighted by Gasteiger charge is 2.21. The Morgan fingerprint density at radius 1 is 1.43 bits per heavy atom. The number of amides is 1. The molecule has 2 aromatic rings. The molecular formula is C14H17ClN2O4. The molecule has 0 bridgehead atoms. The SMILES string of the molecule is CCCC(NC(=O)c1cc2nc(C)ccc2o1)C(=O)O.Cl. The lowest BCUT2D eigenvalue weighted by Crippen LogP contribution is -2.40. The summed E-state index contributed by atoms with van der Waals surface area (Å²) in [5.74, 6) is -1.52. The van der Waals surface area contributed by atoms with E-state index in [1.54, 1.807) is 12.1 Å². The molecule has 0 saturated carbocycles. The Balaban J connectivity index is 0.00000220. The van der Waals surface area contributed by atoms with E-state index < -0.39 is 17.9 Å². The molecule has 2 heterocycles. The van der Waals surface area contributed by atoms with Crippen LogP contribution in [-0.2, 0) is 4.79 Å². The van der Waals surface area contributed by atoms with Crippen LogP contribution in [0.25, 0.3) is 11.1 Å². The average molecular weight is 313 g/mol. The Morgan fingerprint density at radius 2 is 2.14 bits per heavy atom. The maximum atomic E-state index is 12.0. The van der Waals surface area contributed by atoms with E-state index in [0.29, 0.717) is 23.9 Å². The van der Waals surface area contributed by atoms with Gasteiger partial charge in [-0.25, -0.2) is 9.78 Å². The first-order valence-electron chi connectivity index (χ1n) is 6.42. The number of aliphatic carboxylic acids is 1. The number of carboxylic acid groups (broad SMARTS) is 1. The van der Waals surface area contributed by atoms with Crippen molar-refractivity contribution in [2.24, 2.45) is 0 Å². The molecule has 114 valence electrons. The van der Waals surface area contributed by atoms with E-state index in [4.69, 9.17) is 9.52 Å². The number of hydrogen-bond donors (Lipinski definition) is 2. The van der Waals surface area contributed by atoms with Gasteiger partial charge in [0.15, 0.2) is 11.3 Å². The van der Waals surface area contributed by atoms with E-state index in [1.807, 2.05) is 13.8 Å². The van der Waals surface area contributed by atoms with Gasteiger partial charge in [0, 0.05) is 11.8 Å². The Bertz CT molecular complexity index is 653. The standard InChI is InChI=1S/C14H16N2O4.ClH/c1-3-4-9(14(18)19)16-13(17)12-7-10-11(20-12)6-5-8(2)15-10;/h5-7,9H,3-4H2,1-2H3,(H,16,17)(H,18,19);1H. The van der Waals surface area contributed by atoms with E-state index >= 15 is 0 Å². The van der Waals surface area contributed by atoms with E-state index in [-0.39, 0.29) is 18.2 Å². The third kappa shape index (κ3) is 3.95. The number of halogens is 1. The van der Waals surface area contributed by atoms with Gasteiger partial charge in [-0.3, -0.25) is 4.79 Å². The van der Waals surface area contributed by atoms with Gasteiger partial charge >= 0.3 is 5.97 Å². The van der Waals surface area contributed by atoms with Crippen molar-refractivity contribution in [2.75, 3.05) is 0 Å². The van der Waals surface area contributed by atoms with Crippen LogP contribution in [0.2, 0.25) is 0 Å². The fourth-order valence-electron chi connectivity index (χ4n) is 1.91. The number of rotatable bonds is 5. The lowest BCUT2D eigenvalue weighted by atomic mass is 10.1. The molecule has 1 atom stereocenters. The van der Waals surface area contributed by atoms with Crippen LogP contribution in [0.5, 0.6) is 0 Å². The smallest absolute Gasteiger partial charge is 0.326 e. The van der Waals surface area contributed by atoms with E-state index in [2.05, 4.69) is 10.3 Å². The van der Waals surface area contributed by atoms with Crippen molar-refractivity contribution in [2.45, 2.75) is 32.7 Å². The molecule has 0 spiro atoms. The summed E-state index contributed by atoms with van der Waals surface area (Å²) in [5, 5.41) is 11.5. The zero-order valence-corrected chi connectivity index (χ0v) is 12.6. The maximum Gasteiger partial charge on any atom is 0.326 e. The number of pyridine rings is 1. The fourth-order valence-corrected chi connectivity index (χ4v) is 1.91. The van der Waals surface area contributed by atoms with Gasteiger partial charge < -0.3 is 14.8 Å². The average Bonchev–Trinajstić information content (AvgIpc) is 2.80. The third-order valence-corrected chi connectivity index (χ3v) is 2.92. The molecule has 7 heteroatoms. The molecule has 1 unspecified atom stereocenters. The first-order valence-corrected chi connectivity index (χ1v) is 6.42. The number of nitrogens with zero attached hydrogens (tertiary/aromatic N) is 1. The van der Waals surface area contributed by atoms with E-state index in [1.165, 1.54) is 6.07 Å². The molecule has 21 heavy (non-hydrogen) atoms. The molecule has 0 fully saturated rings. The summed E-state index contributed by atoms with van der Waals surface area (Å²) < 4.78 is 5.38. The Labute approximate surface area is 128 Å². The molecule has 2 rings (SSSR count). The Kier molecular flexibility index (Phi) is 5.72. The summed E-state index contributed by atoms with van der Waals surface area (Å²) in [6, 6.07) is 4.12. The zero-order chi connectivity index (χ0) is 14.7. The molecule has 0 aliphatic carbocycles. The minimum absolute atomic E-state index is 0. The van der Waals surface area contributed by atoms with Crippen LogP contribution in [0, 0.1) is 6.92 Å². The topological polar surface area (TPSA) is 92.4 Å². The van der Waals surface area contributed by atoms with Crippen molar-refractivity contribution in [1.29, 1.82) is 0 Å². The van der Waals surface area contributed by atoms with Crippen LogP contribution in [0.4, 0.5) is 0 Å². The minimum atomic E-state index is -1.05. The quantitative estimate of drug-likeness (QED) is 0.885. The van der Waals surface area contributed by atoms with Gasteiger partial charge in [0.1, 0.15) is 11.6 Å². The fraction of sp³-hybridized carbons (Fsp3) is 0.357. The molecule has 0 aromatic carbocycles. The van der Waals surface area contributed by atoms with Crippen molar-refractivity contribution in [1.82, 2.24) is 10.3 Å². The number of hydrogen-bond acceptors (Lipinski definition) is 4. The highest BCUT2D eigenvalue weighted by Crippen LogP contribution is 2.18. The van der Waals surface area contributed by atoms with Gasteiger partial charge in [-0.2, -0.15) is 0 Å². The van der Waals surface area contributed by atoms with Gasteiger partial charge in [-0.05, 0) is 25.5 Å². The van der Waals surface area contributed by atoms with Crippen molar-refractivity contribution >= 4 is 35.4 Å². The third-order valence-electron chi connectivity index (χ3n) is 2.92. The highest BCUT2D eigenvalue weighted by molar-refractivity contribution is 5.97. The molecule has 1 amide bonds. The van der Waals surface area contributed by atoms with E-state index in [9.17, 15) is 9.59 Å². The van der Waals surface area contributed by atoms with Crippen LogP contribution in [0.15, 0.2) is 22.6 Å². The van der Waals surface area contributed by atoms with Gasteiger partial charge in [0.25, 0.3) is 5.91 Å². The van der Waals surface area contributed by atoms with Crippen molar-refractivity contribution in [3.63, 3.8) is 0 Å². The number of carbonyl (C=O) groups excluding carboxylic acids is 1. The maximum absolute atomic E-state index is 12.0. The second-order valence-corrected chi connectivity index (χ2v) is 4.60. The molecule has 0 aliphatic heterocycles. The number of carbonyl (C=O) groups is 2. The number of carboxylic acids is 1. The molecule has 6 nitrogen and oxygen atoms in total. The van der Waals surface area contributed by atoms with Crippen LogP contribution < -0.4 is 5.32 Å². The Morgan fingerprint density at radius 3 is 2.76 bits per heavy atom. The lowest BCUT2D eigenvalue weighted by molar-refractivity contribution is -0.139. The number of fused-ring (bicyclic) bond motifs is 1. The summed E-state index contributed by atoms with van der Waals surface area (Å²) in [5.41, 5.74) is 1.90. The number of aryl methyl sites for hydroxylation is 1. The lowest BCUT2D eigenvalue weighted by Gasteiger charge is -2.11. The van der Waals surface area contributed by atoms with Gasteiger partial charge in [-0.15, -0.1) is 12.4 Å². The minimum Gasteiger partial charge on any atom is -0.480 e. The van der Waals surface area contributed by atoms with Crippen LogP contribution in [-0.4, -0.2) is 28.0 Å². The van der Waals surface area contributed by atoms with Gasteiger partial charge in [0.05, 0.1) is 0 Å². The first-order chi connectivity index (χ1) is 9.51. The number of nitrogens with one attached hydrogen (secondary N) is 1. The summed E-state index contributed by atoms with van der Waals surface area (Å²) in [4.78, 5) is 27.2. The predicted molar refractivity (Wildman–Crippen MR) is 79.8 cm³/mol. The van der Waals surface area contributed by atoms with Gasteiger partial charge in [-0.1, -0.05) is 13.3 Å². The normalized spacial score (nSPS) is 11.7. The second-order valence-electron chi connectivity index (χ2n) is 4.60. The van der Waals surface area contributed by atoms with Crippen molar-refractivity contribution < 1.29 is 19.1 Å². The summed E-state index contributed by atoms with van der Waals surface area (Å²) in [6.07, 6.45) is 1.04. The summed E-state index contributed by atoms with van der Waals surface area (Å²) >= 11 is 0. The van der Waals surface area contributed by atoms with Crippen molar-refractivity contribution in [3.05, 3.63) is 29.7 Å². The highest BCUT2D eigenvalue weighted by atomic mass is 35.5. The largest absolute Gasteiger partial charge is 0.480 e. The monoisotopic (exact) mass is 312 g/mol. The molecule has 0 radical (unpaired) electrons. The molecule has 0 saturated heterocycles. The predicted octanol–water partition coefficient (Wildman–Crippen LogP) is 2.54. The summed E-state index contributed by atoms with van der Waals surface area (Å²) in [6.45, 7) is 3.70. The molecule has 2 aromatic heterocycles. The molecule has 0 aliphatic rings. The van der Waals surface area contributed by atoms with Crippen molar-refractivity contribution in [3.8, 4) is 0 Å². The van der Waals surface area contributed by atoms with Crippen LogP contribution >= 0.6 is 12.4 Å². The molecular weight excluding hydrogens is 296 g/mol. The van der Waals surface area contributed by atoms with Gasteiger partial charge in [0.2, 0.25) is 0 Å². The first kappa shape index (κ1) is 17.0. The van der Waals surface area contributed by atoms with E-state index in [0.717, 1.165) is 5.69 Å².